The molecule has 2 aromatic carbocycles. The number of nitrogens with zero attached hydrogens (tertiary/aromatic N) is 2. The number of fused-ring (bicyclic) bond motifs is 1. The Kier molecular flexibility index (Phi) is 3.76. The average Bonchev–Trinajstić information content (AvgIpc) is 2.60. The van der Waals surface area contributed by atoms with E-state index in [1.165, 1.54) is 17.2 Å². The molecule has 0 saturated carbocycles. The van der Waals surface area contributed by atoms with Gasteiger partial charge < -0.3 is 4.90 Å². The highest BCUT2D eigenvalue weighted by atomic mass is 16.2. The first-order chi connectivity index (χ1) is 10.7. The minimum absolute atomic E-state index is 0.0751. The van der Waals surface area contributed by atoms with Gasteiger partial charge in [0.2, 0.25) is 5.91 Å². The lowest BCUT2D eigenvalue weighted by Crippen LogP contribution is -2.37. The zero-order valence-electron chi connectivity index (χ0n) is 12.2. The van der Waals surface area contributed by atoms with Crippen LogP contribution in [0.3, 0.4) is 0 Å². The first-order valence-electron chi connectivity index (χ1n) is 7.22. The van der Waals surface area contributed by atoms with E-state index < -0.39 is 0 Å². The van der Waals surface area contributed by atoms with Gasteiger partial charge in [0, 0.05) is 19.0 Å². The quantitative estimate of drug-likeness (QED) is 0.796. The van der Waals surface area contributed by atoms with Gasteiger partial charge in [-0.25, -0.2) is 0 Å². The molecule has 0 unspecified atom stereocenters. The normalized spacial score (nSPS) is 16.5. The van der Waals surface area contributed by atoms with Gasteiger partial charge in [0.25, 0.3) is 0 Å². The van der Waals surface area contributed by atoms with Crippen LogP contribution in [0.15, 0.2) is 61.2 Å². The lowest BCUT2D eigenvalue weighted by molar-refractivity contribution is -0.127. The van der Waals surface area contributed by atoms with Crippen molar-refractivity contribution in [3.8, 4) is 6.07 Å². The Hall–Kier alpha value is -2.86. The van der Waals surface area contributed by atoms with E-state index in [0.717, 1.165) is 5.56 Å². The van der Waals surface area contributed by atoms with E-state index in [9.17, 15) is 4.79 Å². The Labute approximate surface area is 130 Å². The highest BCUT2D eigenvalue weighted by molar-refractivity contribution is 5.87. The van der Waals surface area contributed by atoms with Gasteiger partial charge in [-0.1, -0.05) is 43.0 Å². The van der Waals surface area contributed by atoms with Crippen LogP contribution in [0.4, 0.5) is 0 Å². The molecule has 0 radical (unpaired) electrons. The van der Waals surface area contributed by atoms with Gasteiger partial charge >= 0.3 is 0 Å². The highest BCUT2D eigenvalue weighted by Crippen LogP contribution is 2.34. The number of rotatable bonds is 2. The van der Waals surface area contributed by atoms with Gasteiger partial charge in [-0.2, -0.15) is 5.26 Å². The summed E-state index contributed by atoms with van der Waals surface area (Å²) in [6.07, 6.45) is 1.35. The van der Waals surface area contributed by atoms with E-state index in [2.05, 4.69) is 24.8 Å². The zero-order chi connectivity index (χ0) is 15.5. The van der Waals surface area contributed by atoms with Crippen molar-refractivity contribution in [2.75, 3.05) is 6.54 Å². The summed E-state index contributed by atoms with van der Waals surface area (Å²) in [7, 11) is 0. The van der Waals surface area contributed by atoms with Crippen molar-refractivity contribution in [1.29, 1.82) is 5.26 Å². The van der Waals surface area contributed by atoms with E-state index in [0.29, 0.717) is 18.7 Å². The third kappa shape index (κ3) is 2.51. The second-order valence-electron chi connectivity index (χ2n) is 5.41. The fourth-order valence-corrected chi connectivity index (χ4v) is 3.01. The molecule has 0 aromatic heterocycles. The molecule has 0 N–H and O–H groups in total. The molecule has 0 aliphatic carbocycles. The van der Waals surface area contributed by atoms with Crippen molar-refractivity contribution in [3.63, 3.8) is 0 Å². The van der Waals surface area contributed by atoms with Crippen molar-refractivity contribution >= 4 is 5.91 Å². The van der Waals surface area contributed by atoms with Crippen LogP contribution >= 0.6 is 0 Å². The smallest absolute Gasteiger partial charge is 0.246 e. The number of hydrogen-bond donors (Lipinski definition) is 0. The summed E-state index contributed by atoms with van der Waals surface area (Å²) in [5.41, 5.74) is 4.03. The predicted octanol–water partition coefficient (Wildman–Crippen LogP) is 3.22. The molecule has 0 fully saturated rings. The van der Waals surface area contributed by atoms with E-state index in [-0.39, 0.29) is 11.8 Å². The van der Waals surface area contributed by atoms with E-state index in [1.54, 1.807) is 4.90 Å². The first-order valence-corrected chi connectivity index (χ1v) is 7.22. The summed E-state index contributed by atoms with van der Waals surface area (Å²) < 4.78 is 0. The SMILES string of the molecule is C=CC(=O)N1Cc2cc(C#N)ccc2[C@@H](c2ccccc2)C1. The number of carbonyl (C=O) groups excluding carboxylic acids is 1. The predicted molar refractivity (Wildman–Crippen MR) is 85.1 cm³/mol. The Bertz CT molecular complexity index is 759. The van der Waals surface area contributed by atoms with Crippen LogP contribution in [0.2, 0.25) is 0 Å². The fraction of sp³-hybridized carbons (Fsp3) is 0.158. The topological polar surface area (TPSA) is 44.1 Å². The Morgan fingerprint density at radius 3 is 2.73 bits per heavy atom. The number of nitriles is 1. The van der Waals surface area contributed by atoms with Crippen molar-refractivity contribution in [2.24, 2.45) is 0 Å². The summed E-state index contributed by atoms with van der Waals surface area (Å²) in [5.74, 6) is 0.0514. The van der Waals surface area contributed by atoms with E-state index in [1.807, 2.05) is 36.4 Å². The Balaban J connectivity index is 2.08. The molecular weight excluding hydrogens is 272 g/mol. The van der Waals surface area contributed by atoms with Crippen LogP contribution in [-0.2, 0) is 11.3 Å². The third-order valence-corrected chi connectivity index (χ3v) is 4.10. The molecule has 0 spiro atoms. The molecule has 22 heavy (non-hydrogen) atoms. The van der Waals surface area contributed by atoms with Crippen LogP contribution in [0.5, 0.6) is 0 Å². The third-order valence-electron chi connectivity index (χ3n) is 4.10. The minimum Gasteiger partial charge on any atom is -0.334 e. The maximum atomic E-state index is 12.1. The summed E-state index contributed by atoms with van der Waals surface area (Å²) in [6.45, 7) is 4.74. The largest absolute Gasteiger partial charge is 0.334 e. The summed E-state index contributed by atoms with van der Waals surface area (Å²) in [6, 6.07) is 18.1. The van der Waals surface area contributed by atoms with Gasteiger partial charge in [0.05, 0.1) is 11.6 Å². The average molecular weight is 288 g/mol. The second-order valence-corrected chi connectivity index (χ2v) is 5.41. The molecule has 1 aliphatic rings. The molecule has 3 rings (SSSR count). The molecule has 3 nitrogen and oxygen atoms in total. The Morgan fingerprint density at radius 2 is 2.05 bits per heavy atom. The van der Waals surface area contributed by atoms with Gasteiger partial charge in [0.1, 0.15) is 0 Å². The Morgan fingerprint density at radius 1 is 1.27 bits per heavy atom. The maximum absolute atomic E-state index is 12.1. The van der Waals surface area contributed by atoms with Gasteiger partial charge in [-0.15, -0.1) is 0 Å². The first kappa shape index (κ1) is 14.1. The maximum Gasteiger partial charge on any atom is 0.246 e. The van der Waals surface area contributed by atoms with Crippen molar-refractivity contribution in [3.05, 3.63) is 83.4 Å². The van der Waals surface area contributed by atoms with Crippen molar-refractivity contribution < 1.29 is 4.79 Å². The molecule has 1 atom stereocenters. The molecule has 1 amide bonds. The van der Waals surface area contributed by atoms with Crippen molar-refractivity contribution in [2.45, 2.75) is 12.5 Å². The van der Waals surface area contributed by atoms with Gasteiger partial charge in [-0.3, -0.25) is 4.79 Å². The standard InChI is InChI=1S/C19H16N2O/c1-2-19(22)21-12-16-10-14(11-20)8-9-17(16)18(13-21)15-6-4-3-5-7-15/h2-10,18H,1,12-13H2/t18-/m1/s1. The molecular formula is C19H16N2O. The molecule has 0 bridgehead atoms. The van der Waals surface area contributed by atoms with Crippen LogP contribution < -0.4 is 0 Å². The number of hydrogen-bond acceptors (Lipinski definition) is 2. The highest BCUT2D eigenvalue weighted by Gasteiger charge is 2.28. The minimum atomic E-state index is -0.0751. The van der Waals surface area contributed by atoms with Gasteiger partial charge in [0.15, 0.2) is 0 Å². The molecule has 0 saturated heterocycles. The lowest BCUT2D eigenvalue weighted by Gasteiger charge is -2.34. The number of carbonyl (C=O) groups is 1. The summed E-state index contributed by atoms with van der Waals surface area (Å²) in [5, 5.41) is 9.10. The van der Waals surface area contributed by atoms with Crippen LogP contribution in [-0.4, -0.2) is 17.4 Å². The molecule has 108 valence electrons. The van der Waals surface area contributed by atoms with Crippen LogP contribution in [0.1, 0.15) is 28.2 Å². The molecule has 1 aliphatic heterocycles. The van der Waals surface area contributed by atoms with Crippen LogP contribution in [0.25, 0.3) is 0 Å². The van der Waals surface area contributed by atoms with Gasteiger partial charge in [-0.05, 0) is 34.9 Å². The van der Waals surface area contributed by atoms with Crippen LogP contribution in [0, 0.1) is 11.3 Å². The number of benzene rings is 2. The molecule has 1 heterocycles. The van der Waals surface area contributed by atoms with Crippen molar-refractivity contribution in [1.82, 2.24) is 4.90 Å². The summed E-state index contributed by atoms with van der Waals surface area (Å²) in [4.78, 5) is 13.8. The van der Waals surface area contributed by atoms with E-state index in [4.69, 9.17) is 5.26 Å². The second kappa shape index (κ2) is 5.87. The number of amides is 1. The zero-order valence-corrected chi connectivity index (χ0v) is 12.2. The van der Waals surface area contributed by atoms with E-state index >= 15 is 0 Å². The monoisotopic (exact) mass is 288 g/mol. The molecule has 2 aromatic rings. The fourth-order valence-electron chi connectivity index (χ4n) is 3.01. The summed E-state index contributed by atoms with van der Waals surface area (Å²) >= 11 is 0. The lowest BCUT2D eigenvalue weighted by atomic mass is 9.84. The molecule has 3 heteroatoms.